The predicted octanol–water partition coefficient (Wildman–Crippen LogP) is 4.88. The number of rotatable bonds is 9. The molecule has 2 amide bonds. The normalized spacial score (nSPS) is 17.4. The number of carbonyl (C=O) groups is 2. The van der Waals surface area contributed by atoms with E-state index in [9.17, 15) is 9.59 Å². The number of likely N-dealkylation sites (N-methyl/N-ethyl adjacent to an activating group) is 1. The maximum atomic E-state index is 12.3. The number of carbonyl (C=O) groups excluding carboxylic acids is 2. The molecule has 0 saturated heterocycles. The van der Waals surface area contributed by atoms with E-state index in [1.807, 2.05) is 69.3 Å². The van der Waals surface area contributed by atoms with Gasteiger partial charge in [0.05, 0.1) is 6.61 Å². The second-order valence-corrected chi connectivity index (χ2v) is 9.29. The fourth-order valence-corrected chi connectivity index (χ4v) is 3.58. The summed E-state index contributed by atoms with van der Waals surface area (Å²) >= 11 is 0. The highest BCUT2D eigenvalue weighted by atomic mass is 16.6. The quantitative estimate of drug-likeness (QED) is 0.567. The molecule has 3 rings (SSSR count). The fraction of sp³-hybridized carbons (Fsp3) is 0.462. The Balaban J connectivity index is 1.39. The van der Waals surface area contributed by atoms with Gasteiger partial charge in [-0.2, -0.15) is 0 Å². The molecule has 32 heavy (non-hydrogen) atoms. The van der Waals surface area contributed by atoms with E-state index >= 15 is 0 Å². The molecule has 0 aliphatic heterocycles. The minimum atomic E-state index is -0.498. The van der Waals surface area contributed by atoms with Crippen LogP contribution in [0.1, 0.15) is 57.1 Å². The molecule has 6 nitrogen and oxygen atoms in total. The highest BCUT2D eigenvalue weighted by Gasteiger charge is 2.44. The van der Waals surface area contributed by atoms with Gasteiger partial charge >= 0.3 is 6.09 Å². The van der Waals surface area contributed by atoms with Crippen molar-refractivity contribution < 1.29 is 19.1 Å². The van der Waals surface area contributed by atoms with Gasteiger partial charge in [0.1, 0.15) is 11.4 Å². The molecule has 1 fully saturated rings. The zero-order chi connectivity index (χ0) is 23.1. The van der Waals surface area contributed by atoms with Crippen molar-refractivity contribution in [3.05, 3.63) is 65.7 Å². The summed E-state index contributed by atoms with van der Waals surface area (Å²) in [6, 6.07) is 18.0. The van der Waals surface area contributed by atoms with Gasteiger partial charge in [-0.3, -0.25) is 4.79 Å². The Bertz CT molecular complexity index is 908. The van der Waals surface area contributed by atoms with Crippen LogP contribution in [0.2, 0.25) is 0 Å². The maximum Gasteiger partial charge on any atom is 0.410 e. The smallest absolute Gasteiger partial charge is 0.410 e. The van der Waals surface area contributed by atoms with E-state index in [-0.39, 0.29) is 18.0 Å². The number of ether oxygens (including phenoxy) is 2. The Kier molecular flexibility index (Phi) is 7.78. The monoisotopic (exact) mass is 438 g/mol. The third-order valence-electron chi connectivity index (χ3n) is 5.37. The van der Waals surface area contributed by atoms with Crippen molar-refractivity contribution in [2.24, 2.45) is 0 Å². The highest BCUT2D eigenvalue weighted by Crippen LogP contribution is 2.45. The van der Waals surface area contributed by atoms with Crippen molar-refractivity contribution in [2.45, 2.75) is 64.1 Å². The van der Waals surface area contributed by atoms with E-state index in [0.717, 1.165) is 23.3 Å². The van der Waals surface area contributed by atoms with E-state index in [0.29, 0.717) is 31.9 Å². The lowest BCUT2D eigenvalue weighted by molar-refractivity contribution is -0.121. The van der Waals surface area contributed by atoms with Crippen LogP contribution in [0, 0.1) is 0 Å². The Hall–Kier alpha value is -3.02. The first kappa shape index (κ1) is 23.6. The zero-order valence-corrected chi connectivity index (χ0v) is 19.5. The molecule has 1 aliphatic rings. The molecular formula is C26H34N2O4. The van der Waals surface area contributed by atoms with E-state index in [4.69, 9.17) is 9.47 Å². The number of hydrogen-bond donors (Lipinski definition) is 1. The minimum Gasteiger partial charge on any atom is -0.494 e. The maximum absolute atomic E-state index is 12.3. The van der Waals surface area contributed by atoms with Crippen LogP contribution >= 0.6 is 0 Å². The van der Waals surface area contributed by atoms with Gasteiger partial charge in [0.15, 0.2) is 0 Å². The molecule has 2 unspecified atom stereocenters. The first-order chi connectivity index (χ1) is 15.2. The molecule has 0 aromatic heterocycles. The van der Waals surface area contributed by atoms with Gasteiger partial charge in [-0.25, -0.2) is 4.79 Å². The molecule has 0 spiro atoms. The van der Waals surface area contributed by atoms with Crippen LogP contribution in [0.5, 0.6) is 5.75 Å². The average Bonchev–Trinajstić information content (AvgIpc) is 3.55. The summed E-state index contributed by atoms with van der Waals surface area (Å²) in [7, 11) is 1.79. The lowest BCUT2D eigenvalue weighted by Gasteiger charge is -2.25. The zero-order valence-electron chi connectivity index (χ0n) is 19.5. The van der Waals surface area contributed by atoms with Crippen LogP contribution in [-0.4, -0.2) is 42.2 Å². The van der Waals surface area contributed by atoms with Crippen molar-refractivity contribution in [2.75, 3.05) is 13.7 Å². The summed E-state index contributed by atoms with van der Waals surface area (Å²) < 4.78 is 11.3. The number of amides is 2. The summed E-state index contributed by atoms with van der Waals surface area (Å²) in [5.41, 5.74) is 1.75. The topological polar surface area (TPSA) is 67.9 Å². The van der Waals surface area contributed by atoms with Gasteiger partial charge in [-0.05, 0) is 56.9 Å². The molecule has 0 heterocycles. The molecule has 0 bridgehead atoms. The van der Waals surface area contributed by atoms with Gasteiger partial charge in [0.2, 0.25) is 5.91 Å². The Labute approximate surface area is 190 Å². The second kappa shape index (κ2) is 10.5. The lowest BCUT2D eigenvalue weighted by Crippen LogP contribution is -2.36. The molecular weight excluding hydrogens is 404 g/mol. The van der Waals surface area contributed by atoms with Crippen molar-refractivity contribution in [3.63, 3.8) is 0 Å². The van der Waals surface area contributed by atoms with E-state index in [1.165, 1.54) is 0 Å². The highest BCUT2D eigenvalue weighted by molar-refractivity contribution is 5.75. The van der Waals surface area contributed by atoms with Gasteiger partial charge in [0.25, 0.3) is 0 Å². The van der Waals surface area contributed by atoms with Gasteiger partial charge in [-0.15, -0.1) is 0 Å². The number of hydrogen-bond acceptors (Lipinski definition) is 4. The molecule has 2 atom stereocenters. The van der Waals surface area contributed by atoms with Crippen molar-refractivity contribution >= 4 is 12.0 Å². The number of nitrogens with zero attached hydrogens (tertiary/aromatic N) is 1. The van der Waals surface area contributed by atoms with E-state index < -0.39 is 5.60 Å². The van der Waals surface area contributed by atoms with Crippen LogP contribution in [0.3, 0.4) is 0 Å². The summed E-state index contributed by atoms with van der Waals surface area (Å²) in [6.45, 7) is 6.64. The SMILES string of the molecule is CN(C(=O)OC(C)(C)C)C1CC1c1cccc(OCCCC(=O)NCc2ccccc2)c1. The summed E-state index contributed by atoms with van der Waals surface area (Å²) in [4.78, 5) is 26.0. The molecule has 2 aromatic rings. The van der Waals surface area contributed by atoms with Crippen LogP contribution in [0.25, 0.3) is 0 Å². The first-order valence-corrected chi connectivity index (χ1v) is 11.2. The number of nitrogens with one attached hydrogen (secondary N) is 1. The summed E-state index contributed by atoms with van der Waals surface area (Å²) in [5.74, 6) is 1.11. The van der Waals surface area contributed by atoms with E-state index in [1.54, 1.807) is 11.9 Å². The minimum absolute atomic E-state index is 0.0252. The Morgan fingerprint density at radius 2 is 1.84 bits per heavy atom. The summed E-state index contributed by atoms with van der Waals surface area (Å²) in [5, 5.41) is 2.93. The lowest BCUT2D eigenvalue weighted by atomic mass is 10.1. The van der Waals surface area contributed by atoms with Crippen molar-refractivity contribution in [1.29, 1.82) is 0 Å². The van der Waals surface area contributed by atoms with Crippen molar-refractivity contribution in [3.8, 4) is 5.75 Å². The average molecular weight is 439 g/mol. The number of benzene rings is 2. The van der Waals surface area contributed by atoms with Gasteiger partial charge in [-0.1, -0.05) is 42.5 Å². The summed E-state index contributed by atoms with van der Waals surface area (Å²) in [6.07, 6.45) is 1.71. The van der Waals surface area contributed by atoms with Crippen molar-refractivity contribution in [1.82, 2.24) is 10.2 Å². The largest absolute Gasteiger partial charge is 0.494 e. The standard InChI is InChI=1S/C26H34N2O4/c1-26(2,3)32-25(30)28(4)23-17-22(23)20-12-8-13-21(16-20)31-15-9-14-24(29)27-18-19-10-6-5-7-11-19/h5-8,10-13,16,22-23H,9,14-15,17-18H2,1-4H3,(H,27,29). The predicted molar refractivity (Wildman–Crippen MR) is 125 cm³/mol. The van der Waals surface area contributed by atoms with E-state index in [2.05, 4.69) is 11.4 Å². The third-order valence-corrected chi connectivity index (χ3v) is 5.37. The van der Waals surface area contributed by atoms with Crippen LogP contribution in [0.15, 0.2) is 54.6 Å². The molecule has 1 saturated carbocycles. The molecule has 0 radical (unpaired) electrons. The molecule has 1 aliphatic carbocycles. The van der Waals surface area contributed by atoms with Gasteiger partial charge in [0, 0.05) is 32.0 Å². The molecule has 2 aromatic carbocycles. The molecule has 1 N–H and O–H groups in total. The third kappa shape index (κ3) is 7.29. The second-order valence-electron chi connectivity index (χ2n) is 9.29. The van der Waals surface area contributed by atoms with Gasteiger partial charge < -0.3 is 19.7 Å². The van der Waals surface area contributed by atoms with Crippen LogP contribution < -0.4 is 10.1 Å². The van der Waals surface area contributed by atoms with Crippen LogP contribution in [0.4, 0.5) is 4.79 Å². The Morgan fingerprint density at radius 3 is 2.56 bits per heavy atom. The molecule has 6 heteroatoms. The Morgan fingerprint density at radius 1 is 1.09 bits per heavy atom. The first-order valence-electron chi connectivity index (χ1n) is 11.2. The molecule has 172 valence electrons. The fourth-order valence-electron chi connectivity index (χ4n) is 3.58. The van der Waals surface area contributed by atoms with Crippen LogP contribution in [-0.2, 0) is 16.1 Å².